The van der Waals surface area contributed by atoms with Gasteiger partial charge in [0, 0.05) is 95.5 Å². The van der Waals surface area contributed by atoms with Crippen LogP contribution in [0.4, 0.5) is 13.2 Å². The smallest absolute Gasteiger partial charge is 0.418 e. The molecule has 5 heterocycles. The van der Waals surface area contributed by atoms with Gasteiger partial charge in [0.1, 0.15) is 5.75 Å². The van der Waals surface area contributed by atoms with Gasteiger partial charge in [-0.3, -0.25) is 29.1 Å². The number of halogens is 3. The van der Waals surface area contributed by atoms with Crippen molar-refractivity contribution in [3.8, 4) is 5.75 Å². The van der Waals surface area contributed by atoms with E-state index in [1.807, 2.05) is 6.07 Å². The van der Waals surface area contributed by atoms with Crippen LogP contribution in [0.15, 0.2) is 54.9 Å². The third kappa shape index (κ3) is 23.8. The fraction of sp³-hybridized carbons (Fsp3) is 0.697. The molecule has 23 nitrogen and oxygen atoms in total. The highest BCUT2D eigenvalue weighted by molar-refractivity contribution is 5.94. The number of fused-ring (bicyclic) bond motifs is 1. The lowest BCUT2D eigenvalue weighted by atomic mass is 9.74. The van der Waals surface area contributed by atoms with Gasteiger partial charge in [0.25, 0.3) is 5.91 Å². The Labute approximate surface area is 539 Å². The topological polar surface area (TPSA) is 247 Å². The molecule has 3 fully saturated rings. The van der Waals surface area contributed by atoms with E-state index in [0.29, 0.717) is 193 Å². The number of methoxy groups -OCH3 is 1. The Morgan fingerprint density at radius 1 is 0.761 bits per heavy atom. The van der Waals surface area contributed by atoms with Crippen molar-refractivity contribution in [2.24, 2.45) is 17.3 Å². The van der Waals surface area contributed by atoms with E-state index in [1.54, 1.807) is 66.7 Å². The minimum atomic E-state index is -4.61. The molecular formula is C66H98F3N7O16. The number of benzene rings is 1. The average molecular weight is 1300 g/mol. The summed E-state index contributed by atoms with van der Waals surface area (Å²) >= 11 is 0. The highest BCUT2D eigenvalue weighted by Gasteiger charge is 2.50. The van der Waals surface area contributed by atoms with Crippen LogP contribution in [0.25, 0.3) is 0 Å². The average Bonchev–Trinajstić information content (AvgIpc) is 1.38. The molecule has 3 aliphatic heterocycles. The summed E-state index contributed by atoms with van der Waals surface area (Å²) in [5.74, 6) is -0.495. The monoisotopic (exact) mass is 1300 g/mol. The minimum absolute atomic E-state index is 0.00510. The number of nitrogens with one attached hydrogen (secondary N) is 3. The fourth-order valence-electron chi connectivity index (χ4n) is 12.1. The molecule has 0 radical (unpaired) electrons. The number of ether oxygens (including phenoxy) is 12. The van der Waals surface area contributed by atoms with E-state index in [2.05, 4.69) is 39.8 Å². The van der Waals surface area contributed by atoms with Crippen molar-refractivity contribution in [1.82, 2.24) is 35.7 Å². The number of pyridine rings is 2. The predicted octanol–water partition coefficient (Wildman–Crippen LogP) is 5.59. The summed E-state index contributed by atoms with van der Waals surface area (Å²) in [6.45, 7) is 13.9. The van der Waals surface area contributed by atoms with Crippen LogP contribution >= 0.6 is 0 Å². The molecule has 26 heteroatoms. The van der Waals surface area contributed by atoms with Crippen molar-refractivity contribution in [2.45, 2.75) is 109 Å². The first-order valence-electron chi connectivity index (χ1n) is 32.6. The first-order chi connectivity index (χ1) is 44.7. The van der Waals surface area contributed by atoms with Crippen molar-refractivity contribution in [3.05, 3.63) is 88.5 Å². The largest absolute Gasteiger partial charge is 0.494 e. The number of carbonyl (C=O) groups excluding carboxylic acids is 4. The molecule has 514 valence electrons. The van der Waals surface area contributed by atoms with Gasteiger partial charge in [0.15, 0.2) is 0 Å². The molecule has 0 spiro atoms. The standard InChI is InChI=1S/C66H98F3N7O16/c1-48(2)65(16-13-52(44-65)73-58-15-22-91-47-59(58)81-4)64(80)76-20-14-56-51(46-76)42-55(66(67,68)69)57(74-56)12-5-6-21-92-53-11-7-9-49(41-53)62(78)71-18-23-82-25-27-84-29-31-86-33-35-88-37-39-90-40-38-89-36-34-87-32-30-85-28-26-83-24-19-72-63(79)54-43-60(77)75(3)61(54)50-10-8-17-70-45-50/h7-11,17,41-42,45,48,52,54,58-59,61,73H,5-6,12-16,18-40,43-44,46-47H2,1-4H3,(H,71,78)(H,72,79)/t52?,54-,58-,59+,61+,65-/m0/s1. The molecule has 2 saturated heterocycles. The predicted molar refractivity (Wildman–Crippen MR) is 332 cm³/mol. The normalized spacial score (nSPS) is 20.9. The molecule has 7 rings (SSSR count). The number of alkyl halides is 3. The number of amides is 4. The SMILES string of the molecule is CO[C@@H]1COCC[C@@H]1NC1CC[C@@](C(=O)N2CCc3nc(CCCCOc4cccc(C(=O)NCCOCCOCCOCCOCCOCCOCCOCCOCCOCCNC(=O)[C@H]5CC(=O)N(C)[C@@H]5c5cccnc5)c4)c(C(F)(F)F)cc3C2)(C(C)C)C1. The molecule has 6 atom stereocenters. The first-order valence-corrected chi connectivity index (χ1v) is 32.6. The maximum atomic E-state index is 14.6. The zero-order valence-electron chi connectivity index (χ0n) is 54.2. The summed E-state index contributed by atoms with van der Waals surface area (Å²) in [4.78, 5) is 64.5. The second-order valence-corrected chi connectivity index (χ2v) is 23.7. The molecule has 1 aromatic carbocycles. The molecule has 92 heavy (non-hydrogen) atoms. The van der Waals surface area contributed by atoms with E-state index in [-0.39, 0.29) is 98.6 Å². The van der Waals surface area contributed by atoms with Crippen LogP contribution in [0.3, 0.4) is 0 Å². The zero-order chi connectivity index (χ0) is 65.4. The number of nitrogens with zero attached hydrogens (tertiary/aromatic N) is 4. The highest BCUT2D eigenvalue weighted by Crippen LogP contribution is 2.47. The van der Waals surface area contributed by atoms with Gasteiger partial charge in [-0.15, -0.1) is 0 Å². The van der Waals surface area contributed by atoms with E-state index < -0.39 is 23.1 Å². The highest BCUT2D eigenvalue weighted by atomic mass is 19.4. The number of hydrogen-bond acceptors (Lipinski definition) is 19. The van der Waals surface area contributed by atoms with Crippen LogP contribution in [0.5, 0.6) is 5.75 Å². The summed E-state index contributed by atoms with van der Waals surface area (Å²) in [6, 6.07) is 11.5. The Bertz CT molecular complexity index is 2670. The second kappa shape index (κ2) is 40.0. The van der Waals surface area contributed by atoms with E-state index >= 15 is 0 Å². The maximum absolute atomic E-state index is 14.6. The lowest BCUT2D eigenvalue weighted by molar-refractivity contribution is -0.146. The van der Waals surface area contributed by atoms with Crippen LogP contribution in [0.2, 0.25) is 0 Å². The van der Waals surface area contributed by atoms with Gasteiger partial charge in [-0.05, 0) is 92.3 Å². The Balaban J connectivity index is 0.619. The van der Waals surface area contributed by atoms with E-state index in [9.17, 15) is 32.3 Å². The Morgan fingerprint density at radius 2 is 1.37 bits per heavy atom. The number of aromatic nitrogens is 2. The molecule has 3 aromatic rings. The van der Waals surface area contributed by atoms with Crippen molar-refractivity contribution in [2.75, 3.05) is 173 Å². The van der Waals surface area contributed by atoms with Gasteiger partial charge < -0.3 is 82.6 Å². The lowest BCUT2D eigenvalue weighted by Crippen LogP contribution is -2.52. The number of carbonyl (C=O) groups is 4. The summed E-state index contributed by atoms with van der Waals surface area (Å²) in [6.07, 6.45) is 3.27. The van der Waals surface area contributed by atoms with Crippen LogP contribution in [-0.2, 0) is 92.1 Å². The number of unbranched alkanes of at least 4 members (excludes halogenated alkanes) is 1. The first kappa shape index (κ1) is 73.9. The van der Waals surface area contributed by atoms with Gasteiger partial charge in [-0.1, -0.05) is 26.0 Å². The Hall–Kier alpha value is -5.49. The summed E-state index contributed by atoms with van der Waals surface area (Å²) in [7, 11) is 3.39. The molecule has 4 aliphatic rings. The van der Waals surface area contributed by atoms with Gasteiger partial charge in [-0.2, -0.15) is 13.2 Å². The number of aryl methyl sites for hydroxylation is 1. The van der Waals surface area contributed by atoms with Crippen LogP contribution in [-0.4, -0.2) is 234 Å². The third-order valence-electron chi connectivity index (χ3n) is 17.2. The number of likely N-dealkylation sites (tertiary alicyclic amines) is 1. The van der Waals surface area contributed by atoms with Crippen molar-refractivity contribution in [3.63, 3.8) is 0 Å². The van der Waals surface area contributed by atoms with Gasteiger partial charge in [0.05, 0.1) is 167 Å². The quantitative estimate of drug-likeness (QED) is 0.0584. The molecule has 3 N–H and O–H groups in total. The molecule has 0 bridgehead atoms. The van der Waals surface area contributed by atoms with Crippen LogP contribution in [0.1, 0.15) is 103 Å². The van der Waals surface area contributed by atoms with Crippen molar-refractivity contribution >= 4 is 23.6 Å². The second-order valence-electron chi connectivity index (χ2n) is 23.7. The molecule has 1 unspecified atom stereocenters. The Morgan fingerprint density at radius 3 is 1.95 bits per heavy atom. The van der Waals surface area contributed by atoms with Crippen LogP contribution in [0, 0.1) is 17.3 Å². The Kier molecular flexibility index (Phi) is 32.2. The van der Waals surface area contributed by atoms with Crippen molar-refractivity contribution in [1.29, 1.82) is 0 Å². The lowest BCUT2D eigenvalue weighted by Gasteiger charge is -2.40. The maximum Gasteiger partial charge on any atom is 0.418 e. The minimum Gasteiger partial charge on any atom is -0.494 e. The van der Waals surface area contributed by atoms with Gasteiger partial charge in [0.2, 0.25) is 17.7 Å². The van der Waals surface area contributed by atoms with Crippen molar-refractivity contribution < 1.29 is 89.2 Å². The van der Waals surface area contributed by atoms with Crippen LogP contribution < -0.4 is 20.7 Å². The summed E-state index contributed by atoms with van der Waals surface area (Å²) in [5, 5.41) is 9.46. The fourth-order valence-corrected chi connectivity index (χ4v) is 12.1. The molecular weight excluding hydrogens is 1200 g/mol. The summed E-state index contributed by atoms with van der Waals surface area (Å²) in [5.41, 5.74) is 0.931. The number of hydrogen-bond donors (Lipinski definition) is 3. The molecule has 1 aliphatic carbocycles. The molecule has 2 aromatic heterocycles. The third-order valence-corrected chi connectivity index (χ3v) is 17.2. The molecule has 4 amide bonds. The van der Waals surface area contributed by atoms with E-state index in [4.69, 9.17) is 56.8 Å². The zero-order valence-corrected chi connectivity index (χ0v) is 54.2. The number of rotatable bonds is 44. The van der Waals surface area contributed by atoms with Gasteiger partial charge in [-0.25, -0.2) is 0 Å². The summed E-state index contributed by atoms with van der Waals surface area (Å²) < 4.78 is 111. The molecule has 1 saturated carbocycles. The van der Waals surface area contributed by atoms with E-state index in [0.717, 1.165) is 18.4 Å². The van der Waals surface area contributed by atoms with E-state index in [1.165, 1.54) is 6.07 Å². The van der Waals surface area contributed by atoms with Gasteiger partial charge >= 0.3 is 6.18 Å².